The van der Waals surface area contributed by atoms with E-state index in [9.17, 15) is 8.42 Å². The van der Waals surface area contributed by atoms with Crippen molar-refractivity contribution in [3.63, 3.8) is 0 Å². The average Bonchev–Trinajstić information content (AvgIpc) is 2.28. The highest BCUT2D eigenvalue weighted by atomic mass is 32.2. The second-order valence-corrected chi connectivity index (χ2v) is 6.72. The molecular weight excluding hydrogens is 250 g/mol. The molecule has 1 saturated carbocycles. The Hall–Kier alpha value is -0.910. The molecule has 0 spiro atoms. The molecule has 1 aromatic rings. The lowest BCUT2D eigenvalue weighted by atomic mass is 9.94. The summed E-state index contributed by atoms with van der Waals surface area (Å²) in [7, 11) is -1.71. The molecule has 0 radical (unpaired) electrons. The van der Waals surface area contributed by atoms with Gasteiger partial charge in [-0.25, -0.2) is 8.42 Å². The van der Waals surface area contributed by atoms with Crippen molar-refractivity contribution < 1.29 is 13.5 Å². The Morgan fingerprint density at radius 3 is 2.33 bits per heavy atom. The maximum Gasteiger partial charge on any atom is 0.243 e. The van der Waals surface area contributed by atoms with Gasteiger partial charge in [0.25, 0.3) is 0 Å². The summed E-state index contributed by atoms with van der Waals surface area (Å²) in [6.45, 7) is 0.0775. The van der Waals surface area contributed by atoms with Crippen LogP contribution in [-0.4, -0.2) is 37.5 Å². The predicted octanol–water partition coefficient (Wildman–Crippen LogP) is 1.39. The van der Waals surface area contributed by atoms with Crippen LogP contribution in [0.4, 0.5) is 0 Å². The van der Waals surface area contributed by atoms with Crippen LogP contribution in [-0.2, 0) is 16.4 Å². The standard InChI is InChI=1S/C13H19NO3S/c1-14(12-3-2-4-12)18(16,17)13-7-5-11(6-8-13)9-10-15/h5-8,12,15H,2-4,9-10H2,1H3. The first-order chi connectivity index (χ1) is 8.55. The molecule has 0 bridgehead atoms. The third-order valence-electron chi connectivity index (χ3n) is 3.59. The molecule has 0 atom stereocenters. The first kappa shape index (κ1) is 13.5. The minimum Gasteiger partial charge on any atom is -0.396 e. The van der Waals surface area contributed by atoms with Gasteiger partial charge in [0.1, 0.15) is 0 Å². The monoisotopic (exact) mass is 269 g/mol. The van der Waals surface area contributed by atoms with Gasteiger partial charge in [0, 0.05) is 19.7 Å². The Morgan fingerprint density at radius 1 is 1.28 bits per heavy atom. The van der Waals surface area contributed by atoms with E-state index >= 15 is 0 Å². The molecule has 0 saturated heterocycles. The van der Waals surface area contributed by atoms with Gasteiger partial charge >= 0.3 is 0 Å². The molecule has 0 unspecified atom stereocenters. The molecule has 1 aliphatic rings. The largest absolute Gasteiger partial charge is 0.396 e. The molecule has 1 fully saturated rings. The Kier molecular flexibility index (Phi) is 4.04. The second-order valence-electron chi connectivity index (χ2n) is 4.72. The Bertz CT molecular complexity index is 491. The number of sulfonamides is 1. The summed E-state index contributed by atoms with van der Waals surface area (Å²) in [5.41, 5.74) is 0.947. The fraction of sp³-hybridized carbons (Fsp3) is 0.538. The highest BCUT2D eigenvalue weighted by molar-refractivity contribution is 7.89. The van der Waals surface area contributed by atoms with Gasteiger partial charge in [-0.15, -0.1) is 0 Å². The lowest BCUT2D eigenvalue weighted by Gasteiger charge is -2.33. The number of hydrogen-bond acceptors (Lipinski definition) is 3. The van der Waals surface area contributed by atoms with Gasteiger partial charge in [0.2, 0.25) is 10.0 Å². The lowest BCUT2D eigenvalue weighted by Crippen LogP contribution is -2.41. The van der Waals surface area contributed by atoms with Crippen LogP contribution in [0.15, 0.2) is 29.2 Å². The van der Waals surface area contributed by atoms with E-state index in [1.54, 1.807) is 31.3 Å². The van der Waals surface area contributed by atoms with Gasteiger partial charge < -0.3 is 5.11 Å². The number of nitrogens with zero attached hydrogens (tertiary/aromatic N) is 1. The molecule has 4 nitrogen and oxygen atoms in total. The summed E-state index contributed by atoms with van der Waals surface area (Å²) in [5.74, 6) is 0. The van der Waals surface area contributed by atoms with Crippen LogP contribution in [0.25, 0.3) is 0 Å². The third-order valence-corrected chi connectivity index (χ3v) is 5.51. The molecular formula is C13H19NO3S. The van der Waals surface area contributed by atoms with Gasteiger partial charge in [-0.3, -0.25) is 0 Å². The van der Waals surface area contributed by atoms with E-state index in [1.807, 2.05) is 0 Å². The van der Waals surface area contributed by atoms with Crippen molar-refractivity contribution in [3.8, 4) is 0 Å². The quantitative estimate of drug-likeness (QED) is 0.879. The Morgan fingerprint density at radius 2 is 1.89 bits per heavy atom. The molecule has 0 aliphatic heterocycles. The smallest absolute Gasteiger partial charge is 0.243 e. The molecule has 100 valence electrons. The van der Waals surface area contributed by atoms with Gasteiger partial charge in [0.05, 0.1) is 4.90 Å². The molecule has 2 rings (SSSR count). The Balaban J connectivity index is 2.18. The van der Waals surface area contributed by atoms with Crippen molar-refractivity contribution in [1.29, 1.82) is 0 Å². The molecule has 0 amide bonds. The zero-order chi connectivity index (χ0) is 13.2. The number of rotatable bonds is 5. The van der Waals surface area contributed by atoms with Crippen LogP contribution in [0.1, 0.15) is 24.8 Å². The lowest BCUT2D eigenvalue weighted by molar-refractivity contribution is 0.249. The van der Waals surface area contributed by atoms with Gasteiger partial charge in [-0.1, -0.05) is 18.6 Å². The topological polar surface area (TPSA) is 57.6 Å². The van der Waals surface area contributed by atoms with Crippen LogP contribution < -0.4 is 0 Å². The summed E-state index contributed by atoms with van der Waals surface area (Å²) in [5, 5.41) is 8.82. The highest BCUT2D eigenvalue weighted by Gasteiger charge is 2.31. The fourth-order valence-corrected chi connectivity index (χ4v) is 3.49. The zero-order valence-electron chi connectivity index (χ0n) is 10.5. The fourth-order valence-electron chi connectivity index (χ4n) is 2.07. The summed E-state index contributed by atoms with van der Waals surface area (Å²) < 4.78 is 26.1. The molecule has 0 aromatic heterocycles. The van der Waals surface area contributed by atoms with E-state index < -0.39 is 10.0 Å². The highest BCUT2D eigenvalue weighted by Crippen LogP contribution is 2.28. The van der Waals surface area contributed by atoms with Crippen molar-refractivity contribution in [1.82, 2.24) is 4.31 Å². The van der Waals surface area contributed by atoms with E-state index in [1.165, 1.54) is 4.31 Å². The second kappa shape index (κ2) is 5.38. The first-order valence-corrected chi connectivity index (χ1v) is 7.67. The zero-order valence-corrected chi connectivity index (χ0v) is 11.4. The molecule has 1 N–H and O–H groups in total. The van der Waals surface area contributed by atoms with Crippen LogP contribution in [0.3, 0.4) is 0 Å². The SMILES string of the molecule is CN(C1CCC1)S(=O)(=O)c1ccc(CCO)cc1. The number of hydrogen-bond donors (Lipinski definition) is 1. The minimum absolute atomic E-state index is 0.0775. The Labute approximate surface area is 108 Å². The predicted molar refractivity (Wildman–Crippen MR) is 69.8 cm³/mol. The van der Waals surface area contributed by atoms with Crippen molar-refractivity contribution in [2.45, 2.75) is 36.6 Å². The number of benzene rings is 1. The third kappa shape index (κ3) is 2.58. The first-order valence-electron chi connectivity index (χ1n) is 6.23. The minimum atomic E-state index is -3.36. The maximum atomic E-state index is 12.3. The van der Waals surface area contributed by atoms with E-state index in [4.69, 9.17) is 5.11 Å². The van der Waals surface area contributed by atoms with E-state index in [0.717, 1.165) is 24.8 Å². The van der Waals surface area contributed by atoms with Crippen molar-refractivity contribution >= 4 is 10.0 Å². The van der Waals surface area contributed by atoms with Crippen LogP contribution in [0.2, 0.25) is 0 Å². The molecule has 5 heteroatoms. The van der Waals surface area contributed by atoms with E-state index in [2.05, 4.69) is 0 Å². The molecule has 1 aromatic carbocycles. The summed E-state index contributed by atoms with van der Waals surface area (Å²) in [6, 6.07) is 6.92. The van der Waals surface area contributed by atoms with Crippen LogP contribution in [0.5, 0.6) is 0 Å². The van der Waals surface area contributed by atoms with Crippen molar-refractivity contribution in [2.75, 3.05) is 13.7 Å². The van der Waals surface area contributed by atoms with Gasteiger partial charge in [-0.05, 0) is 37.0 Å². The summed E-state index contributed by atoms with van der Waals surface area (Å²) in [6.07, 6.45) is 3.58. The summed E-state index contributed by atoms with van der Waals surface area (Å²) in [4.78, 5) is 0.332. The van der Waals surface area contributed by atoms with Gasteiger partial charge in [-0.2, -0.15) is 4.31 Å². The van der Waals surface area contributed by atoms with Crippen molar-refractivity contribution in [2.24, 2.45) is 0 Å². The molecule has 1 aliphatic carbocycles. The van der Waals surface area contributed by atoms with Crippen LogP contribution >= 0.6 is 0 Å². The molecule has 0 heterocycles. The molecule has 18 heavy (non-hydrogen) atoms. The van der Waals surface area contributed by atoms with Gasteiger partial charge in [0.15, 0.2) is 0 Å². The average molecular weight is 269 g/mol. The number of aliphatic hydroxyl groups excluding tert-OH is 1. The van der Waals surface area contributed by atoms with E-state index in [0.29, 0.717) is 11.3 Å². The summed E-state index contributed by atoms with van der Waals surface area (Å²) >= 11 is 0. The van der Waals surface area contributed by atoms with Crippen LogP contribution in [0, 0.1) is 0 Å². The number of aliphatic hydroxyl groups is 1. The van der Waals surface area contributed by atoms with E-state index in [-0.39, 0.29) is 12.6 Å². The van der Waals surface area contributed by atoms with Crippen molar-refractivity contribution in [3.05, 3.63) is 29.8 Å². The normalized spacial score (nSPS) is 16.8. The maximum absolute atomic E-state index is 12.3.